The monoisotopic (exact) mass is 469 g/mol. The Balaban J connectivity index is 1.56. The maximum Gasteiger partial charge on any atom is 0.340 e. The maximum absolute atomic E-state index is 12.7. The maximum atomic E-state index is 12.7. The molecule has 0 unspecified atom stereocenters. The lowest BCUT2D eigenvalue weighted by molar-refractivity contribution is -0.141. The smallest absolute Gasteiger partial charge is 0.340 e. The van der Waals surface area contributed by atoms with Crippen LogP contribution in [0, 0.1) is 6.92 Å². The molecule has 3 amide bonds. The minimum atomic E-state index is -1.21. The molecule has 2 heterocycles. The lowest BCUT2D eigenvalue weighted by Crippen LogP contribution is -2.42. The number of primary amides is 1. The van der Waals surface area contributed by atoms with Crippen molar-refractivity contribution < 1.29 is 28.3 Å². The minimum absolute atomic E-state index is 0.0935. The standard InChI is InChI=1S/C24H27N3O7/c1-12-14-9-16-13-5-2-3-7-18(13)33-20(16)11-19(14)34-23(31)15(12)10-21(28)27-17(22(29)30)6-4-8-26-24(25)32/h9,11,17H,2-8,10H2,1H3,(H,27,28)(H,29,30)(H3,25,26,32)/t17-/m0/s1. The normalized spacial score (nSPS) is 14.0. The summed E-state index contributed by atoms with van der Waals surface area (Å²) in [5.74, 6) is -0.838. The van der Waals surface area contributed by atoms with E-state index < -0.39 is 29.6 Å². The third kappa shape index (κ3) is 4.75. The predicted octanol–water partition coefficient (Wildman–Crippen LogP) is 2.29. The van der Waals surface area contributed by atoms with Crippen molar-refractivity contribution in [3.63, 3.8) is 0 Å². The van der Waals surface area contributed by atoms with Gasteiger partial charge < -0.3 is 30.3 Å². The van der Waals surface area contributed by atoms with E-state index in [-0.39, 0.29) is 24.9 Å². The van der Waals surface area contributed by atoms with Gasteiger partial charge in [-0.2, -0.15) is 0 Å². The summed E-state index contributed by atoms with van der Waals surface area (Å²) in [6.45, 7) is 1.94. The molecular formula is C24H27N3O7. The molecule has 0 aliphatic heterocycles. The Labute approximate surface area is 194 Å². The Morgan fingerprint density at radius 2 is 1.85 bits per heavy atom. The van der Waals surface area contributed by atoms with Gasteiger partial charge in [0.15, 0.2) is 0 Å². The summed E-state index contributed by atoms with van der Waals surface area (Å²) in [4.78, 5) is 47.5. The lowest BCUT2D eigenvalue weighted by Gasteiger charge is -2.15. The molecular weight excluding hydrogens is 442 g/mol. The van der Waals surface area contributed by atoms with Gasteiger partial charge in [0.25, 0.3) is 0 Å². The summed E-state index contributed by atoms with van der Waals surface area (Å²) in [6.07, 6.45) is 4.09. The van der Waals surface area contributed by atoms with Crippen LogP contribution in [-0.2, 0) is 28.9 Å². The second-order valence-corrected chi connectivity index (χ2v) is 8.62. The minimum Gasteiger partial charge on any atom is -0.480 e. The van der Waals surface area contributed by atoms with E-state index in [4.69, 9.17) is 14.6 Å². The molecule has 5 N–H and O–H groups in total. The number of nitrogens with two attached hydrogens (primary N) is 1. The van der Waals surface area contributed by atoms with E-state index in [2.05, 4.69) is 10.6 Å². The van der Waals surface area contributed by atoms with Gasteiger partial charge in [0.2, 0.25) is 5.91 Å². The average molecular weight is 469 g/mol. The van der Waals surface area contributed by atoms with Crippen LogP contribution in [0.4, 0.5) is 4.79 Å². The highest BCUT2D eigenvalue weighted by Gasteiger charge is 2.23. The van der Waals surface area contributed by atoms with Gasteiger partial charge in [0, 0.05) is 35.4 Å². The first-order chi connectivity index (χ1) is 16.2. The molecule has 1 atom stereocenters. The number of carbonyl (C=O) groups excluding carboxylic acids is 2. The van der Waals surface area contributed by atoms with Gasteiger partial charge >= 0.3 is 17.6 Å². The summed E-state index contributed by atoms with van der Waals surface area (Å²) < 4.78 is 11.5. The van der Waals surface area contributed by atoms with E-state index in [1.54, 1.807) is 13.0 Å². The Hall–Kier alpha value is -3.82. The first-order valence-corrected chi connectivity index (χ1v) is 11.3. The summed E-state index contributed by atoms with van der Waals surface area (Å²) in [5, 5.41) is 15.9. The average Bonchev–Trinajstić information content (AvgIpc) is 3.14. The fraction of sp³-hybridized carbons (Fsp3) is 0.417. The molecule has 1 aliphatic rings. The fourth-order valence-corrected chi connectivity index (χ4v) is 4.53. The van der Waals surface area contributed by atoms with Crippen molar-refractivity contribution >= 4 is 39.8 Å². The second kappa shape index (κ2) is 9.58. The van der Waals surface area contributed by atoms with E-state index in [1.165, 1.54) is 5.56 Å². The largest absolute Gasteiger partial charge is 0.480 e. The molecule has 0 bridgehead atoms. The highest BCUT2D eigenvalue weighted by Crippen LogP contribution is 2.35. The number of carbonyl (C=O) groups is 3. The van der Waals surface area contributed by atoms with E-state index in [9.17, 15) is 24.3 Å². The number of furan rings is 1. The zero-order chi connectivity index (χ0) is 24.4. The lowest BCUT2D eigenvalue weighted by atomic mass is 9.94. The van der Waals surface area contributed by atoms with Crippen molar-refractivity contribution in [2.75, 3.05) is 6.54 Å². The Morgan fingerprint density at radius 1 is 1.12 bits per heavy atom. The number of fused-ring (bicyclic) bond motifs is 4. The number of hydrogen-bond donors (Lipinski definition) is 4. The number of benzene rings is 1. The van der Waals surface area contributed by atoms with Crippen LogP contribution in [0.1, 0.15) is 48.1 Å². The fourth-order valence-electron chi connectivity index (χ4n) is 4.53. The number of aryl methyl sites for hydroxylation is 3. The molecule has 10 nitrogen and oxygen atoms in total. The number of carboxylic acids is 1. The molecule has 1 aliphatic carbocycles. The summed E-state index contributed by atoms with van der Waals surface area (Å²) in [7, 11) is 0. The van der Waals surface area contributed by atoms with Gasteiger partial charge in [-0.25, -0.2) is 14.4 Å². The number of hydrogen-bond acceptors (Lipinski definition) is 6. The summed E-state index contributed by atoms with van der Waals surface area (Å²) in [5.41, 5.74) is 7.39. The molecule has 0 fully saturated rings. The Bertz CT molecular complexity index is 1340. The molecule has 34 heavy (non-hydrogen) atoms. The molecule has 0 radical (unpaired) electrons. The summed E-state index contributed by atoms with van der Waals surface area (Å²) in [6, 6.07) is 1.81. The van der Waals surface area contributed by atoms with Crippen LogP contribution < -0.4 is 22.0 Å². The summed E-state index contributed by atoms with van der Waals surface area (Å²) >= 11 is 0. The highest BCUT2D eigenvalue weighted by atomic mass is 16.4. The molecule has 4 rings (SSSR count). The van der Waals surface area contributed by atoms with E-state index in [0.29, 0.717) is 23.2 Å². The molecule has 0 saturated carbocycles. The van der Waals surface area contributed by atoms with Gasteiger partial charge in [0.05, 0.1) is 12.0 Å². The van der Waals surface area contributed by atoms with E-state index >= 15 is 0 Å². The number of amides is 3. The first-order valence-electron chi connectivity index (χ1n) is 11.3. The molecule has 2 aromatic heterocycles. The molecule has 180 valence electrons. The van der Waals surface area contributed by atoms with Gasteiger partial charge in [-0.05, 0) is 50.7 Å². The molecule has 0 saturated heterocycles. The highest BCUT2D eigenvalue weighted by molar-refractivity contribution is 5.97. The van der Waals surface area contributed by atoms with Crippen LogP contribution in [0.2, 0.25) is 0 Å². The van der Waals surface area contributed by atoms with Crippen molar-refractivity contribution in [2.45, 2.75) is 57.9 Å². The third-order valence-electron chi connectivity index (χ3n) is 6.30. The van der Waals surface area contributed by atoms with Gasteiger partial charge in [-0.15, -0.1) is 0 Å². The molecule has 0 spiro atoms. The Morgan fingerprint density at radius 3 is 2.59 bits per heavy atom. The zero-order valence-corrected chi connectivity index (χ0v) is 18.9. The number of carboxylic acid groups (broad SMARTS) is 1. The van der Waals surface area contributed by atoms with Gasteiger partial charge in [0.1, 0.15) is 23.0 Å². The van der Waals surface area contributed by atoms with Crippen molar-refractivity contribution in [3.05, 3.63) is 45.0 Å². The quantitative estimate of drug-likeness (QED) is 0.290. The van der Waals surface area contributed by atoms with Crippen molar-refractivity contribution in [2.24, 2.45) is 5.73 Å². The number of nitrogens with one attached hydrogen (secondary N) is 2. The van der Waals surface area contributed by atoms with Gasteiger partial charge in [-0.3, -0.25) is 4.79 Å². The van der Waals surface area contributed by atoms with Crippen molar-refractivity contribution in [1.29, 1.82) is 0 Å². The SMILES string of the molecule is Cc1c(CC(=O)N[C@@H](CCCNC(N)=O)C(=O)O)c(=O)oc2cc3oc4c(c3cc12)CCCC4. The van der Waals surface area contributed by atoms with Crippen LogP contribution >= 0.6 is 0 Å². The van der Waals surface area contributed by atoms with Crippen LogP contribution in [0.25, 0.3) is 21.9 Å². The van der Waals surface area contributed by atoms with Crippen LogP contribution in [0.3, 0.4) is 0 Å². The van der Waals surface area contributed by atoms with Crippen molar-refractivity contribution in [3.8, 4) is 0 Å². The van der Waals surface area contributed by atoms with E-state index in [1.807, 2.05) is 6.07 Å². The van der Waals surface area contributed by atoms with Gasteiger partial charge in [-0.1, -0.05) is 0 Å². The Kier molecular flexibility index (Phi) is 6.58. The van der Waals surface area contributed by atoms with E-state index in [0.717, 1.165) is 42.2 Å². The van der Waals surface area contributed by atoms with Crippen LogP contribution in [-0.4, -0.2) is 35.6 Å². The van der Waals surface area contributed by atoms with Crippen molar-refractivity contribution in [1.82, 2.24) is 10.6 Å². The zero-order valence-electron chi connectivity index (χ0n) is 18.9. The topological polar surface area (TPSA) is 165 Å². The number of urea groups is 1. The van der Waals surface area contributed by atoms with Crippen LogP contribution in [0.15, 0.2) is 25.8 Å². The third-order valence-corrected chi connectivity index (χ3v) is 6.30. The molecule has 3 aromatic rings. The molecule has 1 aromatic carbocycles. The number of aliphatic carboxylic acids is 1. The first kappa shape index (κ1) is 23.3. The second-order valence-electron chi connectivity index (χ2n) is 8.62. The number of rotatable bonds is 8. The predicted molar refractivity (Wildman–Crippen MR) is 124 cm³/mol. The van der Waals surface area contributed by atoms with Crippen LogP contribution in [0.5, 0.6) is 0 Å². The molecule has 10 heteroatoms.